The van der Waals surface area contributed by atoms with Crippen LogP contribution >= 0.6 is 0 Å². The van der Waals surface area contributed by atoms with Gasteiger partial charge in [-0.05, 0) is 87.8 Å². The van der Waals surface area contributed by atoms with Gasteiger partial charge in [-0.15, -0.1) is 0 Å². The highest BCUT2D eigenvalue weighted by molar-refractivity contribution is 5.82. The molecule has 0 aliphatic heterocycles. The Balaban J connectivity index is 0.805. The highest BCUT2D eigenvalue weighted by Crippen LogP contribution is 2.24. The number of benzene rings is 2. The molecule has 2 aromatic heterocycles. The molecule has 0 fully saturated rings. The molecule has 0 aliphatic rings. The van der Waals surface area contributed by atoms with Crippen LogP contribution in [-0.4, -0.2) is 38.1 Å². The monoisotopic (exact) mass is 857 g/mol. The molecule has 0 unspecified atom stereocenters. The highest BCUT2D eigenvalue weighted by atomic mass is 16.5. The molecule has 0 saturated heterocycles. The van der Waals surface area contributed by atoms with Crippen molar-refractivity contribution in [2.24, 2.45) is 0 Å². The first-order chi connectivity index (χ1) is 30.3. The molecule has 2 N–H and O–H groups in total. The Labute approximate surface area is 370 Å². The standard InChI is InChI=1S/C52H76N2O8/c1-41-37-51(57)61-47-39-43(29-31-45(41)47)59-35-25-19-13-7-3-9-15-21-27-49(55)53-33-23-17-11-5-6-12-18-24-34-54-50(56)28-22-16-10-4-8-14-20-26-36-60-44-30-32-46-42(2)38-52(58)62-48(46)40-44/h29-32,37-40H,3-28,33-36H2,1-2H3,(H,53,55)(H,54,56). The third-order valence-electron chi connectivity index (χ3n) is 11.7. The van der Waals surface area contributed by atoms with Crippen LogP contribution in [0.25, 0.3) is 21.9 Å². The van der Waals surface area contributed by atoms with Gasteiger partial charge in [-0.2, -0.15) is 0 Å². The minimum absolute atomic E-state index is 0.191. The lowest BCUT2D eigenvalue weighted by Crippen LogP contribution is -2.24. The molecule has 0 aliphatic carbocycles. The Hall–Kier alpha value is -4.60. The first kappa shape index (κ1) is 50.0. The predicted molar refractivity (Wildman–Crippen MR) is 251 cm³/mol. The fourth-order valence-electron chi connectivity index (χ4n) is 8.01. The number of hydrogen-bond acceptors (Lipinski definition) is 8. The summed E-state index contributed by atoms with van der Waals surface area (Å²) in [6, 6.07) is 14.4. The van der Waals surface area contributed by atoms with Crippen molar-refractivity contribution in [2.45, 2.75) is 181 Å². The molecule has 10 nitrogen and oxygen atoms in total. The van der Waals surface area contributed by atoms with E-state index in [2.05, 4.69) is 10.6 Å². The van der Waals surface area contributed by atoms with Crippen molar-refractivity contribution in [2.75, 3.05) is 26.3 Å². The topological polar surface area (TPSA) is 137 Å². The van der Waals surface area contributed by atoms with Gasteiger partial charge in [0.05, 0.1) is 13.2 Å². The average molecular weight is 857 g/mol. The summed E-state index contributed by atoms with van der Waals surface area (Å²) in [5.41, 5.74) is 2.30. The number of aryl methyl sites for hydroxylation is 2. The fraction of sp³-hybridized carbons (Fsp3) is 0.615. The van der Waals surface area contributed by atoms with Crippen LogP contribution < -0.4 is 31.4 Å². The normalized spacial score (nSPS) is 11.3. The lowest BCUT2D eigenvalue weighted by atomic mass is 10.1. The van der Waals surface area contributed by atoms with Gasteiger partial charge < -0.3 is 28.9 Å². The third-order valence-corrected chi connectivity index (χ3v) is 11.7. The molecule has 0 saturated carbocycles. The van der Waals surface area contributed by atoms with E-state index >= 15 is 0 Å². The van der Waals surface area contributed by atoms with Gasteiger partial charge in [0.1, 0.15) is 22.7 Å². The molecule has 0 bridgehead atoms. The van der Waals surface area contributed by atoms with E-state index in [-0.39, 0.29) is 23.1 Å². The minimum atomic E-state index is -0.334. The Morgan fingerprint density at radius 1 is 0.435 bits per heavy atom. The summed E-state index contributed by atoms with van der Waals surface area (Å²) in [5, 5.41) is 8.07. The van der Waals surface area contributed by atoms with Crippen LogP contribution in [0.15, 0.2) is 67.0 Å². The number of hydrogen-bond donors (Lipinski definition) is 2. The predicted octanol–water partition coefficient (Wildman–Crippen LogP) is 12.3. The maximum Gasteiger partial charge on any atom is 0.336 e. The highest BCUT2D eigenvalue weighted by Gasteiger charge is 2.07. The lowest BCUT2D eigenvalue weighted by Gasteiger charge is -2.08. The maximum absolute atomic E-state index is 12.2. The van der Waals surface area contributed by atoms with Crippen molar-refractivity contribution in [3.8, 4) is 11.5 Å². The molecule has 0 atom stereocenters. The molecule has 62 heavy (non-hydrogen) atoms. The molecular weight excluding hydrogens is 781 g/mol. The van der Waals surface area contributed by atoms with Crippen molar-refractivity contribution < 1.29 is 27.9 Å². The molecule has 4 aromatic rings. The van der Waals surface area contributed by atoms with Gasteiger partial charge in [-0.25, -0.2) is 9.59 Å². The van der Waals surface area contributed by atoms with Crippen LogP contribution in [0.5, 0.6) is 11.5 Å². The Morgan fingerprint density at radius 2 is 0.758 bits per heavy atom. The van der Waals surface area contributed by atoms with E-state index in [0.29, 0.717) is 37.2 Å². The molecule has 2 aromatic carbocycles. The molecule has 2 amide bonds. The molecular formula is C52H76N2O8. The van der Waals surface area contributed by atoms with Gasteiger partial charge in [-0.1, -0.05) is 116 Å². The summed E-state index contributed by atoms with van der Waals surface area (Å²) in [6.45, 7) is 6.71. The largest absolute Gasteiger partial charge is 0.493 e. The molecule has 0 radical (unpaired) electrons. The number of amides is 2. The van der Waals surface area contributed by atoms with Gasteiger partial charge in [-0.3, -0.25) is 9.59 Å². The summed E-state index contributed by atoms with van der Waals surface area (Å²) in [7, 11) is 0. The van der Waals surface area contributed by atoms with Crippen molar-refractivity contribution in [1.82, 2.24) is 10.6 Å². The second-order valence-electron chi connectivity index (χ2n) is 17.2. The van der Waals surface area contributed by atoms with Gasteiger partial charge >= 0.3 is 11.3 Å². The van der Waals surface area contributed by atoms with E-state index in [1.54, 1.807) is 12.1 Å². The third kappa shape index (κ3) is 21.0. The zero-order valence-corrected chi connectivity index (χ0v) is 38.1. The first-order valence-corrected chi connectivity index (χ1v) is 24.2. The van der Waals surface area contributed by atoms with Crippen LogP contribution in [0.4, 0.5) is 0 Å². The van der Waals surface area contributed by atoms with E-state index in [4.69, 9.17) is 18.3 Å². The SMILES string of the molecule is Cc1cc(=O)oc2cc(OCCCCCCCCCCC(=O)NCCCCCCCCCCNC(=O)CCCCCCCCCCOc3ccc4c(C)cc(=O)oc4c3)ccc12. The van der Waals surface area contributed by atoms with Crippen LogP contribution in [0, 0.1) is 13.8 Å². The Morgan fingerprint density at radius 3 is 1.13 bits per heavy atom. The van der Waals surface area contributed by atoms with Crippen LogP contribution in [-0.2, 0) is 9.59 Å². The summed E-state index contributed by atoms with van der Waals surface area (Å²) >= 11 is 0. The van der Waals surface area contributed by atoms with E-state index < -0.39 is 0 Å². The number of carbonyl (C=O) groups excluding carboxylic acids is 2. The minimum Gasteiger partial charge on any atom is -0.493 e. The van der Waals surface area contributed by atoms with Gasteiger partial charge in [0, 0.05) is 61.0 Å². The van der Waals surface area contributed by atoms with Crippen LogP contribution in [0.3, 0.4) is 0 Å². The summed E-state index contributed by atoms with van der Waals surface area (Å²) in [5.74, 6) is 1.85. The molecule has 0 spiro atoms. The van der Waals surface area contributed by atoms with E-state index in [1.807, 2.05) is 38.1 Å². The number of nitrogens with one attached hydrogen (secondary N) is 2. The number of fused-ring (bicyclic) bond motifs is 2. The smallest absolute Gasteiger partial charge is 0.336 e. The Kier molecular flexibility index (Phi) is 24.6. The van der Waals surface area contributed by atoms with Crippen molar-refractivity contribution >= 4 is 33.8 Å². The van der Waals surface area contributed by atoms with Crippen molar-refractivity contribution in [3.05, 3.63) is 80.5 Å². The average Bonchev–Trinajstić information content (AvgIpc) is 3.24. The second kappa shape index (κ2) is 30.4. The molecule has 342 valence electrons. The number of carbonyl (C=O) groups is 2. The van der Waals surface area contributed by atoms with E-state index in [9.17, 15) is 19.2 Å². The molecule has 10 heteroatoms. The Bertz CT molecular complexity index is 1860. The molecule has 2 heterocycles. The maximum atomic E-state index is 12.2. The van der Waals surface area contributed by atoms with Crippen molar-refractivity contribution in [1.29, 1.82) is 0 Å². The number of ether oxygens (including phenoxy) is 2. The van der Waals surface area contributed by atoms with E-state index in [0.717, 1.165) is 124 Å². The van der Waals surface area contributed by atoms with Gasteiger partial charge in [0.15, 0.2) is 0 Å². The molecule has 4 rings (SSSR count). The fourth-order valence-corrected chi connectivity index (χ4v) is 8.01. The number of unbranched alkanes of at least 4 members (excludes halogenated alkanes) is 21. The van der Waals surface area contributed by atoms with Crippen LogP contribution in [0.1, 0.15) is 178 Å². The quantitative estimate of drug-likeness (QED) is 0.0345. The summed E-state index contributed by atoms with van der Waals surface area (Å²) < 4.78 is 22.4. The summed E-state index contributed by atoms with van der Waals surface area (Å²) in [6.07, 6.45) is 28.7. The van der Waals surface area contributed by atoms with Crippen LogP contribution in [0.2, 0.25) is 0 Å². The number of rotatable bonds is 35. The van der Waals surface area contributed by atoms with Gasteiger partial charge in [0.25, 0.3) is 0 Å². The second-order valence-corrected chi connectivity index (χ2v) is 17.2. The first-order valence-electron chi connectivity index (χ1n) is 24.2. The van der Waals surface area contributed by atoms with Gasteiger partial charge in [0.2, 0.25) is 11.8 Å². The zero-order valence-electron chi connectivity index (χ0n) is 38.1. The summed E-state index contributed by atoms with van der Waals surface area (Å²) in [4.78, 5) is 47.7. The lowest BCUT2D eigenvalue weighted by molar-refractivity contribution is -0.122. The van der Waals surface area contributed by atoms with Crippen molar-refractivity contribution in [3.63, 3.8) is 0 Å². The zero-order chi connectivity index (χ0) is 44.0. The van der Waals surface area contributed by atoms with E-state index in [1.165, 1.54) is 89.2 Å².